The Kier molecular flexibility index (Phi) is 5.54. The average molecular weight is 366 g/mol. The van der Waals surface area contributed by atoms with Crippen LogP contribution in [0.4, 0.5) is 0 Å². The van der Waals surface area contributed by atoms with E-state index in [1.54, 1.807) is 26.4 Å². The van der Waals surface area contributed by atoms with Gasteiger partial charge in [-0.3, -0.25) is 4.79 Å². The minimum atomic E-state index is 0.0175. The van der Waals surface area contributed by atoms with Crippen LogP contribution in [0.5, 0.6) is 11.5 Å². The monoisotopic (exact) mass is 366 g/mol. The number of rotatable bonds is 7. The molecular weight excluding hydrogens is 344 g/mol. The van der Waals surface area contributed by atoms with Gasteiger partial charge in [0.05, 0.1) is 31.0 Å². The Morgan fingerprint density at radius 3 is 2.48 bits per heavy atom. The summed E-state index contributed by atoms with van der Waals surface area (Å²) in [5.74, 6) is 2.71. The van der Waals surface area contributed by atoms with Crippen LogP contribution in [0.25, 0.3) is 28.3 Å². The fraction of sp³-hybridized carbons (Fsp3) is 0.286. The maximum atomic E-state index is 11.7. The molecule has 0 aliphatic rings. The highest BCUT2D eigenvalue weighted by Crippen LogP contribution is 2.38. The number of ether oxygens (including phenoxy) is 2. The molecule has 3 aromatic rings. The molecule has 27 heavy (non-hydrogen) atoms. The molecule has 1 aromatic carbocycles. The van der Waals surface area contributed by atoms with Crippen molar-refractivity contribution in [2.24, 2.45) is 0 Å². The van der Waals surface area contributed by atoms with E-state index >= 15 is 0 Å². The molecule has 0 radical (unpaired) electrons. The standard InChI is InChI=1S/C21H22N2O4/c1-5-13(24)7-9-16-21(18-10-8-14(6-2)27-18)15-11-19(25-3)20(26-4)12-17(15)23-22-16/h7-12H,5-6H2,1-4H3/b9-7-. The summed E-state index contributed by atoms with van der Waals surface area (Å²) in [4.78, 5) is 11.7. The maximum Gasteiger partial charge on any atom is 0.162 e. The fourth-order valence-corrected chi connectivity index (χ4v) is 2.81. The Morgan fingerprint density at radius 1 is 1.11 bits per heavy atom. The number of aryl methyl sites for hydroxylation is 1. The summed E-state index contributed by atoms with van der Waals surface area (Å²) in [5, 5.41) is 9.41. The number of furan rings is 1. The zero-order chi connectivity index (χ0) is 19.4. The average Bonchev–Trinajstić information content (AvgIpc) is 3.18. The molecule has 0 aliphatic carbocycles. The topological polar surface area (TPSA) is 74.5 Å². The summed E-state index contributed by atoms with van der Waals surface area (Å²) in [6.45, 7) is 3.84. The van der Waals surface area contributed by atoms with Crippen LogP contribution in [0.3, 0.4) is 0 Å². The van der Waals surface area contributed by atoms with E-state index in [0.29, 0.717) is 34.9 Å². The third-order valence-corrected chi connectivity index (χ3v) is 4.32. The normalized spacial score (nSPS) is 11.3. The summed E-state index contributed by atoms with van der Waals surface area (Å²) in [7, 11) is 3.16. The second-order valence-electron chi connectivity index (χ2n) is 5.96. The molecule has 0 saturated carbocycles. The predicted molar refractivity (Wildman–Crippen MR) is 104 cm³/mol. The second-order valence-corrected chi connectivity index (χ2v) is 5.96. The van der Waals surface area contributed by atoms with Crippen molar-refractivity contribution in [2.45, 2.75) is 26.7 Å². The van der Waals surface area contributed by atoms with Gasteiger partial charge < -0.3 is 13.9 Å². The van der Waals surface area contributed by atoms with Crippen molar-refractivity contribution in [1.82, 2.24) is 10.2 Å². The van der Waals surface area contributed by atoms with Gasteiger partial charge in [-0.15, -0.1) is 10.2 Å². The highest BCUT2D eigenvalue weighted by molar-refractivity contribution is 6.00. The number of aromatic nitrogens is 2. The van der Waals surface area contributed by atoms with E-state index in [2.05, 4.69) is 10.2 Å². The number of methoxy groups -OCH3 is 2. The number of ketones is 1. The quantitative estimate of drug-likeness (QED) is 0.575. The van der Waals surface area contributed by atoms with Crippen molar-refractivity contribution in [1.29, 1.82) is 0 Å². The molecule has 3 rings (SSSR count). The van der Waals surface area contributed by atoms with E-state index in [4.69, 9.17) is 13.9 Å². The van der Waals surface area contributed by atoms with Crippen molar-refractivity contribution in [3.05, 3.63) is 41.8 Å². The fourth-order valence-electron chi connectivity index (χ4n) is 2.81. The Balaban J connectivity index is 2.29. The molecule has 2 heterocycles. The summed E-state index contributed by atoms with van der Waals surface area (Å²) in [6.07, 6.45) is 4.41. The van der Waals surface area contributed by atoms with Gasteiger partial charge in [0.1, 0.15) is 11.5 Å². The van der Waals surface area contributed by atoms with E-state index in [9.17, 15) is 4.79 Å². The predicted octanol–water partition coefficient (Wildman–Crippen LogP) is 4.46. The maximum absolute atomic E-state index is 11.7. The Morgan fingerprint density at radius 2 is 1.85 bits per heavy atom. The molecule has 0 bridgehead atoms. The van der Waals surface area contributed by atoms with Crippen LogP contribution < -0.4 is 9.47 Å². The molecule has 0 N–H and O–H groups in total. The lowest BCUT2D eigenvalue weighted by atomic mass is 10.0. The molecular formula is C21H22N2O4. The molecule has 0 fully saturated rings. The highest BCUT2D eigenvalue weighted by Gasteiger charge is 2.18. The third kappa shape index (κ3) is 3.69. The van der Waals surface area contributed by atoms with E-state index in [1.807, 2.05) is 32.0 Å². The van der Waals surface area contributed by atoms with Crippen LogP contribution in [-0.2, 0) is 11.2 Å². The SMILES string of the molecule is CCC(=O)/C=C\c1nnc2cc(OC)c(OC)cc2c1-c1ccc(CC)o1. The molecule has 0 spiro atoms. The molecule has 0 unspecified atom stereocenters. The van der Waals surface area contributed by atoms with Crippen LogP contribution >= 0.6 is 0 Å². The Bertz CT molecular complexity index is 1000. The molecule has 2 aromatic heterocycles. The van der Waals surface area contributed by atoms with Gasteiger partial charge in [-0.2, -0.15) is 0 Å². The summed E-state index contributed by atoms with van der Waals surface area (Å²) < 4.78 is 16.8. The molecule has 0 saturated heterocycles. The highest BCUT2D eigenvalue weighted by atomic mass is 16.5. The van der Waals surface area contributed by atoms with E-state index in [0.717, 1.165) is 23.1 Å². The molecule has 140 valence electrons. The molecule has 0 aliphatic heterocycles. The van der Waals surface area contributed by atoms with Gasteiger partial charge in [0.2, 0.25) is 0 Å². The van der Waals surface area contributed by atoms with E-state index in [-0.39, 0.29) is 5.78 Å². The van der Waals surface area contributed by atoms with Crippen molar-refractivity contribution in [2.75, 3.05) is 14.2 Å². The van der Waals surface area contributed by atoms with E-state index in [1.165, 1.54) is 6.08 Å². The number of hydrogen-bond acceptors (Lipinski definition) is 6. The van der Waals surface area contributed by atoms with Gasteiger partial charge in [0.15, 0.2) is 17.3 Å². The van der Waals surface area contributed by atoms with Gasteiger partial charge in [-0.1, -0.05) is 13.8 Å². The minimum Gasteiger partial charge on any atom is -0.493 e. The number of hydrogen-bond donors (Lipinski definition) is 0. The number of benzene rings is 1. The molecule has 0 atom stereocenters. The zero-order valence-electron chi connectivity index (χ0n) is 15.9. The first-order valence-corrected chi connectivity index (χ1v) is 8.83. The van der Waals surface area contributed by atoms with Crippen LogP contribution in [0.15, 0.2) is 34.8 Å². The van der Waals surface area contributed by atoms with Crippen molar-refractivity contribution >= 4 is 22.8 Å². The van der Waals surface area contributed by atoms with Crippen molar-refractivity contribution in [3.8, 4) is 22.8 Å². The smallest absolute Gasteiger partial charge is 0.162 e. The number of fused-ring (bicyclic) bond motifs is 1. The number of allylic oxidation sites excluding steroid dienone is 1. The molecule has 6 heteroatoms. The first-order chi connectivity index (χ1) is 13.1. The first kappa shape index (κ1) is 18.6. The Labute approximate surface area is 157 Å². The van der Waals surface area contributed by atoms with Crippen LogP contribution in [0.2, 0.25) is 0 Å². The Hall–Kier alpha value is -3.15. The lowest BCUT2D eigenvalue weighted by Crippen LogP contribution is -1.97. The van der Waals surface area contributed by atoms with Gasteiger partial charge in [-0.25, -0.2) is 0 Å². The summed E-state index contributed by atoms with van der Waals surface area (Å²) in [6, 6.07) is 7.47. The van der Waals surface area contributed by atoms with Gasteiger partial charge in [-0.05, 0) is 30.4 Å². The van der Waals surface area contributed by atoms with Crippen LogP contribution in [0.1, 0.15) is 31.7 Å². The lowest BCUT2D eigenvalue weighted by Gasteiger charge is -2.12. The second kappa shape index (κ2) is 8.03. The van der Waals surface area contributed by atoms with Crippen molar-refractivity contribution in [3.63, 3.8) is 0 Å². The third-order valence-electron chi connectivity index (χ3n) is 4.32. The first-order valence-electron chi connectivity index (χ1n) is 8.83. The van der Waals surface area contributed by atoms with Gasteiger partial charge in [0.25, 0.3) is 0 Å². The summed E-state index contributed by atoms with van der Waals surface area (Å²) in [5.41, 5.74) is 1.98. The summed E-state index contributed by atoms with van der Waals surface area (Å²) >= 11 is 0. The minimum absolute atomic E-state index is 0.0175. The number of carbonyl (C=O) groups is 1. The van der Waals surface area contributed by atoms with Gasteiger partial charge >= 0.3 is 0 Å². The van der Waals surface area contributed by atoms with Crippen molar-refractivity contribution < 1.29 is 18.7 Å². The number of carbonyl (C=O) groups excluding carboxylic acids is 1. The number of nitrogens with zero attached hydrogens (tertiary/aromatic N) is 2. The molecule has 6 nitrogen and oxygen atoms in total. The molecule has 0 amide bonds. The van der Waals surface area contributed by atoms with E-state index < -0.39 is 0 Å². The zero-order valence-corrected chi connectivity index (χ0v) is 15.9. The van der Waals surface area contributed by atoms with Crippen LogP contribution in [0, 0.1) is 0 Å². The van der Waals surface area contributed by atoms with Gasteiger partial charge in [0, 0.05) is 24.3 Å². The largest absolute Gasteiger partial charge is 0.493 e. The lowest BCUT2D eigenvalue weighted by molar-refractivity contribution is -0.114. The van der Waals surface area contributed by atoms with Crippen LogP contribution in [-0.4, -0.2) is 30.2 Å².